The highest BCUT2D eigenvalue weighted by Crippen LogP contribution is 2.42. The van der Waals surface area contributed by atoms with Crippen LogP contribution in [0.2, 0.25) is 0 Å². The number of ether oxygens (including phenoxy) is 4. The van der Waals surface area contributed by atoms with Crippen LogP contribution < -0.4 is 22.1 Å². The van der Waals surface area contributed by atoms with Gasteiger partial charge in [0.25, 0.3) is 0 Å². The number of aryl methyl sites for hydroxylation is 2. The van der Waals surface area contributed by atoms with Crippen molar-refractivity contribution in [3.05, 3.63) is 108 Å². The molecule has 0 unspecified atom stereocenters. The van der Waals surface area contributed by atoms with E-state index in [1.165, 1.54) is 31.4 Å². The molecule has 0 saturated carbocycles. The highest BCUT2D eigenvalue weighted by molar-refractivity contribution is 5.92. The van der Waals surface area contributed by atoms with Crippen molar-refractivity contribution in [2.45, 2.75) is 101 Å². The van der Waals surface area contributed by atoms with Crippen LogP contribution in [0, 0.1) is 0 Å². The van der Waals surface area contributed by atoms with Crippen molar-refractivity contribution in [1.82, 2.24) is 79.5 Å². The van der Waals surface area contributed by atoms with Gasteiger partial charge in [-0.3, -0.25) is 9.13 Å². The van der Waals surface area contributed by atoms with E-state index < -0.39 is 73.1 Å². The minimum atomic E-state index is -1.62. The number of nitrogens with zero attached hydrogens (tertiary/aromatic N) is 16. The zero-order chi connectivity index (χ0) is 53.0. The Hall–Kier alpha value is -8.68. The first-order valence-corrected chi connectivity index (χ1v) is 24.1. The Morgan fingerprint density at radius 1 is 0.658 bits per heavy atom. The number of nitrogens with two attached hydrogens (primary N) is 2. The van der Waals surface area contributed by atoms with Crippen LogP contribution in [0.1, 0.15) is 61.3 Å². The molecule has 2 aliphatic heterocycles. The first kappa shape index (κ1) is 50.8. The number of nitrogen functional groups attached to an aromatic ring is 2. The molecule has 30 nitrogen and oxygen atoms in total. The van der Waals surface area contributed by atoms with Crippen molar-refractivity contribution in [2.75, 3.05) is 35.3 Å². The van der Waals surface area contributed by atoms with Gasteiger partial charge in [-0.25, -0.2) is 19.6 Å². The molecule has 10 atom stereocenters. The van der Waals surface area contributed by atoms with Gasteiger partial charge in [-0.05, 0) is 48.2 Å². The Labute approximate surface area is 429 Å². The molecule has 2 fully saturated rings. The number of aliphatic hydroxyl groups is 4. The molecule has 0 radical (unpaired) electrons. The third-order valence-corrected chi connectivity index (χ3v) is 12.5. The van der Waals surface area contributed by atoms with Crippen LogP contribution in [0.5, 0.6) is 0 Å². The molecule has 6 aromatic heterocycles. The van der Waals surface area contributed by atoms with Crippen LogP contribution >= 0.6 is 0 Å². The fourth-order valence-corrected chi connectivity index (χ4v) is 8.78. The Morgan fingerprint density at radius 2 is 1.07 bits per heavy atom. The Balaban J connectivity index is 0.901. The molecule has 10 N–H and O–H groups in total. The summed E-state index contributed by atoms with van der Waals surface area (Å²) in [6, 6.07) is 17.9. The number of tetrazole rings is 2. The van der Waals surface area contributed by atoms with E-state index in [1.54, 1.807) is 13.8 Å². The van der Waals surface area contributed by atoms with Gasteiger partial charge in [-0.1, -0.05) is 60.7 Å². The number of benzene rings is 2. The van der Waals surface area contributed by atoms with E-state index in [1.807, 2.05) is 60.7 Å². The zero-order valence-electron chi connectivity index (χ0n) is 40.6. The van der Waals surface area contributed by atoms with E-state index in [0.29, 0.717) is 25.9 Å². The lowest BCUT2D eigenvalue weighted by Crippen LogP contribution is -2.35. The third kappa shape index (κ3) is 10.5. The van der Waals surface area contributed by atoms with Gasteiger partial charge in [0.05, 0.1) is 51.0 Å². The average molecular weight is 1050 g/mol. The van der Waals surface area contributed by atoms with Crippen molar-refractivity contribution < 1.29 is 49.0 Å². The fourth-order valence-electron chi connectivity index (χ4n) is 8.78. The number of imidazole rings is 2. The number of esters is 2. The zero-order valence-corrected chi connectivity index (χ0v) is 40.6. The van der Waals surface area contributed by atoms with E-state index in [-0.39, 0.29) is 70.7 Å². The van der Waals surface area contributed by atoms with Crippen LogP contribution in [-0.4, -0.2) is 162 Å². The van der Waals surface area contributed by atoms with Gasteiger partial charge < -0.3 is 61.5 Å². The first-order valence-electron chi connectivity index (χ1n) is 24.1. The largest absolute Gasteiger partial charge is 0.451 e. The fraction of sp³-hybridized carbons (Fsp3) is 0.391. The number of fused-ring (bicyclic) bond motifs is 2. The highest BCUT2D eigenvalue weighted by Gasteiger charge is 2.52. The summed E-state index contributed by atoms with van der Waals surface area (Å²) in [5, 5.41) is 74.9. The monoisotopic (exact) mass is 1040 g/mol. The summed E-state index contributed by atoms with van der Waals surface area (Å²) in [6.45, 7) is 3.72. The molecule has 0 bridgehead atoms. The number of aromatic nitrogens is 16. The molecule has 10 rings (SSSR count). The molecule has 396 valence electrons. The molecule has 2 saturated heterocycles. The normalized spacial score (nSPS) is 22.3. The predicted octanol–water partition coefficient (Wildman–Crippen LogP) is -0.484. The van der Waals surface area contributed by atoms with Crippen molar-refractivity contribution >= 4 is 57.8 Å². The van der Waals surface area contributed by atoms with Crippen molar-refractivity contribution in [3.8, 4) is 0 Å². The van der Waals surface area contributed by atoms with Gasteiger partial charge in [0.1, 0.15) is 23.2 Å². The number of anilines is 4. The number of aliphatic hydroxyl groups excluding tert-OH is 4. The highest BCUT2D eigenvalue weighted by atomic mass is 16.6. The predicted molar refractivity (Wildman–Crippen MR) is 262 cm³/mol. The molecule has 0 aliphatic carbocycles. The summed E-state index contributed by atoms with van der Waals surface area (Å²) in [5.41, 5.74) is 15.1. The maximum atomic E-state index is 13.8. The lowest BCUT2D eigenvalue weighted by Gasteiger charge is -2.22. The van der Waals surface area contributed by atoms with Gasteiger partial charge in [-0.2, -0.15) is 29.5 Å². The Bertz CT molecular complexity index is 3120. The smallest absolute Gasteiger partial charge is 0.331 e. The van der Waals surface area contributed by atoms with Crippen LogP contribution in [-0.2, 0) is 54.5 Å². The summed E-state index contributed by atoms with van der Waals surface area (Å²) in [4.78, 5) is 56.8. The molecule has 0 spiro atoms. The molecule has 30 heteroatoms. The minimum absolute atomic E-state index is 0.0213. The standard InChI is InChI=1S/C46H52N20O10/c1-3-65-59-39(57-61-65)33-31(71)35(43(75-33)63-21-49-29-37(47)53-45(55-41(29)63)51-25(19-67)17-23-11-7-5-8-12-23)73-27(69)15-16-28(70)74-36-32(72)34(40-58-62-66(4-2)60-40)76-44(36)64-22-50-30-38(48)54-46(56-42(30)64)52-26(20-68)18-24-13-9-6-10-14-24/h5-16,21-22,25-26,31-36,43-44,67-68,71-72H,3-4,17-20H2,1-2H3,(H3,47,51,53,55)(H3,48,52,54,56)/b16-15-/t25-,26-,31+,32+,33-,34-,35+,36+,43+,44+/m0/s1. The maximum Gasteiger partial charge on any atom is 0.331 e. The average Bonchev–Trinajstić information content (AvgIpc) is 4.36. The van der Waals surface area contributed by atoms with Crippen molar-refractivity contribution in [3.63, 3.8) is 0 Å². The summed E-state index contributed by atoms with van der Waals surface area (Å²) in [5.74, 6) is -2.28. The summed E-state index contributed by atoms with van der Waals surface area (Å²) in [7, 11) is 0. The Morgan fingerprint density at radius 3 is 1.43 bits per heavy atom. The third-order valence-electron chi connectivity index (χ3n) is 12.5. The number of carbonyl (C=O) groups is 2. The second-order valence-corrected chi connectivity index (χ2v) is 17.6. The van der Waals surface area contributed by atoms with E-state index in [0.717, 1.165) is 23.3 Å². The summed E-state index contributed by atoms with van der Waals surface area (Å²) < 4.78 is 27.0. The first-order chi connectivity index (χ1) is 36.9. The van der Waals surface area contributed by atoms with Gasteiger partial charge >= 0.3 is 11.9 Å². The lowest BCUT2D eigenvalue weighted by atomic mass is 10.1. The Kier molecular flexibility index (Phi) is 14.7. The lowest BCUT2D eigenvalue weighted by molar-refractivity contribution is -0.155. The second kappa shape index (κ2) is 22.0. The van der Waals surface area contributed by atoms with Crippen LogP contribution in [0.25, 0.3) is 22.3 Å². The van der Waals surface area contributed by atoms with Gasteiger partial charge in [0.2, 0.25) is 23.5 Å². The topological polar surface area (TPSA) is 402 Å². The number of rotatable bonds is 20. The molecule has 2 aliphatic rings. The minimum Gasteiger partial charge on any atom is -0.451 e. The van der Waals surface area contributed by atoms with E-state index in [9.17, 15) is 30.0 Å². The van der Waals surface area contributed by atoms with Crippen molar-refractivity contribution in [1.29, 1.82) is 0 Å². The molecule has 0 amide bonds. The van der Waals surface area contributed by atoms with E-state index in [2.05, 4.69) is 71.4 Å². The van der Waals surface area contributed by atoms with Gasteiger partial charge in [0.15, 0.2) is 59.8 Å². The molecule has 76 heavy (non-hydrogen) atoms. The summed E-state index contributed by atoms with van der Waals surface area (Å²) >= 11 is 0. The summed E-state index contributed by atoms with van der Waals surface area (Å²) in [6.07, 6.45) is -6.63. The molecule has 2 aromatic carbocycles. The molecular weight excluding hydrogens is 993 g/mol. The van der Waals surface area contributed by atoms with Crippen LogP contribution in [0.3, 0.4) is 0 Å². The number of nitrogens with one attached hydrogen (secondary N) is 2. The quantitative estimate of drug-likeness (QED) is 0.0353. The van der Waals surface area contributed by atoms with E-state index >= 15 is 0 Å². The molecular formula is C46H52N20O10. The maximum absolute atomic E-state index is 13.8. The number of hydrogen-bond acceptors (Lipinski definition) is 26. The molecule has 8 aromatic rings. The van der Waals surface area contributed by atoms with Crippen molar-refractivity contribution in [2.24, 2.45) is 0 Å². The van der Waals surface area contributed by atoms with Crippen LogP contribution in [0.15, 0.2) is 85.5 Å². The number of carbonyl (C=O) groups excluding carboxylic acids is 2. The van der Waals surface area contributed by atoms with E-state index in [4.69, 9.17) is 30.4 Å². The second-order valence-electron chi connectivity index (χ2n) is 17.6. The number of hydrogen-bond donors (Lipinski definition) is 8. The van der Waals surface area contributed by atoms with Crippen LogP contribution in [0.4, 0.5) is 23.5 Å². The SMILES string of the molecule is CCn1nnc([C@H]2O[C@@H](n3cnc4c(N)nc(N[C@H](CO)Cc5ccccc5)nc43)[C@H](OC(=O)/C=C\C(=O)O[C@@H]3[C@H](O)[C@@H](c4nnn(CC)n4)O[C@H]3n3cnc4c(N)nc(N[C@H](CO)Cc5ccccc5)nc43)[C@@H]2O)n1. The van der Waals surface area contributed by atoms with Gasteiger partial charge in [-0.15, -0.1) is 20.4 Å². The van der Waals surface area contributed by atoms with Gasteiger partial charge in [0, 0.05) is 12.2 Å². The molecule has 8 heterocycles.